The highest BCUT2D eigenvalue weighted by Gasteiger charge is 2.12. The number of carbonyl (C=O) groups excluding carboxylic acids is 1. The lowest BCUT2D eigenvalue weighted by Gasteiger charge is -2.19. The maximum atomic E-state index is 14.3. The molecule has 0 saturated carbocycles. The predicted octanol–water partition coefficient (Wildman–Crippen LogP) is 4.03. The van der Waals surface area contributed by atoms with E-state index >= 15 is 0 Å². The molecule has 30 heavy (non-hydrogen) atoms. The summed E-state index contributed by atoms with van der Waals surface area (Å²) >= 11 is 0. The number of hydrogen-bond acceptors (Lipinski definition) is 7. The molecule has 152 valence electrons. The summed E-state index contributed by atoms with van der Waals surface area (Å²) in [4.78, 5) is 19.7. The number of fused-ring (bicyclic) bond motifs is 1. The molecule has 4 rings (SSSR count). The van der Waals surface area contributed by atoms with Gasteiger partial charge in [0.05, 0.1) is 11.9 Å². The lowest BCUT2D eigenvalue weighted by molar-refractivity contribution is -0.111. The van der Waals surface area contributed by atoms with Gasteiger partial charge in [-0.05, 0) is 42.5 Å². The minimum absolute atomic E-state index is 0.000819. The lowest BCUT2D eigenvalue weighted by Crippen LogP contribution is -2.17. The molecule has 2 aromatic carbocycles. The molecule has 0 aliphatic carbocycles. The van der Waals surface area contributed by atoms with Crippen LogP contribution in [0.1, 0.15) is 0 Å². The summed E-state index contributed by atoms with van der Waals surface area (Å²) in [5.74, 6) is 0.0572. The Hall–Kier alpha value is -4.14. The van der Waals surface area contributed by atoms with Gasteiger partial charge >= 0.3 is 0 Å². The normalized spacial score (nSPS) is 12.0. The molecule has 2 heterocycles. The number of aromatic nitrogens is 2. The summed E-state index contributed by atoms with van der Waals surface area (Å²) in [5, 5.41) is 11.9. The van der Waals surface area contributed by atoms with Crippen molar-refractivity contribution in [1.29, 1.82) is 0 Å². The number of nitrogens with zero attached hydrogens (tertiary/aromatic N) is 2. The van der Waals surface area contributed by atoms with Gasteiger partial charge in [0.1, 0.15) is 12.4 Å². The van der Waals surface area contributed by atoms with E-state index < -0.39 is 5.82 Å². The molecule has 0 bridgehead atoms. The van der Waals surface area contributed by atoms with Crippen molar-refractivity contribution in [2.45, 2.75) is 0 Å². The fourth-order valence-corrected chi connectivity index (χ4v) is 2.87. The second-order valence-electron chi connectivity index (χ2n) is 6.40. The van der Waals surface area contributed by atoms with Crippen LogP contribution in [0.5, 0.6) is 5.75 Å². The quantitative estimate of drug-likeness (QED) is 0.459. The van der Waals surface area contributed by atoms with E-state index in [0.29, 0.717) is 18.0 Å². The molecule has 8 nitrogen and oxygen atoms in total. The van der Waals surface area contributed by atoms with Crippen molar-refractivity contribution in [3.05, 3.63) is 67.1 Å². The summed E-state index contributed by atoms with van der Waals surface area (Å²) in [7, 11) is 0. The summed E-state index contributed by atoms with van der Waals surface area (Å²) in [5.41, 5.74) is 2.69. The number of hydrogen-bond donors (Lipinski definition) is 4. The Kier molecular flexibility index (Phi) is 5.42. The summed E-state index contributed by atoms with van der Waals surface area (Å²) < 4.78 is 19.8. The molecular formula is C21H19FN6O2. The molecule has 1 aliphatic heterocycles. The molecule has 9 heteroatoms. The summed E-state index contributed by atoms with van der Waals surface area (Å²) in [6.45, 7) is 4.76. The molecule has 0 fully saturated rings. The standard InChI is InChI=1S/C21H19FN6O2/c1-2-19(29)25-13-4-3-5-14(10-13)26-20-16(22)12-24-21(28-20)27-15-6-7-18-17(11-15)23-8-9-30-18/h2-7,10-12,23H,1,8-9H2,(H,25,29)(H2,24,26,27,28). The van der Waals surface area contributed by atoms with Gasteiger partial charge in [0.25, 0.3) is 0 Å². The van der Waals surface area contributed by atoms with Crippen LogP contribution in [0.3, 0.4) is 0 Å². The molecule has 1 aliphatic rings. The summed E-state index contributed by atoms with van der Waals surface area (Å²) in [6.07, 6.45) is 2.26. The molecule has 0 spiro atoms. The van der Waals surface area contributed by atoms with E-state index in [-0.39, 0.29) is 17.7 Å². The highest BCUT2D eigenvalue weighted by Crippen LogP contribution is 2.31. The largest absolute Gasteiger partial charge is 0.490 e. The molecule has 0 radical (unpaired) electrons. The third-order valence-corrected chi connectivity index (χ3v) is 4.23. The molecular weight excluding hydrogens is 387 g/mol. The number of amides is 1. The lowest BCUT2D eigenvalue weighted by atomic mass is 10.2. The third kappa shape index (κ3) is 4.46. The molecule has 1 aromatic heterocycles. The van der Waals surface area contributed by atoms with Crippen LogP contribution in [-0.4, -0.2) is 29.0 Å². The molecule has 0 unspecified atom stereocenters. The minimum atomic E-state index is -0.610. The Morgan fingerprint density at radius 3 is 2.87 bits per heavy atom. The highest BCUT2D eigenvalue weighted by molar-refractivity contribution is 5.99. The van der Waals surface area contributed by atoms with E-state index in [1.807, 2.05) is 18.2 Å². The first-order valence-corrected chi connectivity index (χ1v) is 9.21. The number of nitrogens with one attached hydrogen (secondary N) is 4. The number of ether oxygens (including phenoxy) is 1. The fourth-order valence-electron chi connectivity index (χ4n) is 2.87. The van der Waals surface area contributed by atoms with Crippen molar-refractivity contribution in [2.75, 3.05) is 34.4 Å². The van der Waals surface area contributed by atoms with Crippen molar-refractivity contribution >= 4 is 40.4 Å². The molecule has 4 N–H and O–H groups in total. The van der Waals surface area contributed by atoms with E-state index in [2.05, 4.69) is 37.8 Å². The number of carbonyl (C=O) groups is 1. The van der Waals surface area contributed by atoms with Gasteiger partial charge < -0.3 is 26.0 Å². The highest BCUT2D eigenvalue weighted by atomic mass is 19.1. The van der Waals surface area contributed by atoms with E-state index in [1.54, 1.807) is 24.3 Å². The average molecular weight is 406 g/mol. The van der Waals surface area contributed by atoms with Gasteiger partial charge in [-0.1, -0.05) is 12.6 Å². The SMILES string of the molecule is C=CC(=O)Nc1cccc(Nc2nc(Nc3ccc4c(c3)NCCO4)ncc2F)c1. The monoisotopic (exact) mass is 406 g/mol. The van der Waals surface area contributed by atoms with Crippen LogP contribution in [-0.2, 0) is 4.79 Å². The number of benzene rings is 2. The topological polar surface area (TPSA) is 100 Å². The first-order valence-electron chi connectivity index (χ1n) is 9.21. The Labute approximate surface area is 172 Å². The van der Waals surface area contributed by atoms with Crippen molar-refractivity contribution in [3.8, 4) is 5.75 Å². The predicted molar refractivity (Wildman–Crippen MR) is 114 cm³/mol. The molecule has 1 amide bonds. The Bertz CT molecular complexity index is 1100. The average Bonchev–Trinajstić information content (AvgIpc) is 2.76. The van der Waals surface area contributed by atoms with Crippen LogP contribution in [0.25, 0.3) is 0 Å². The van der Waals surface area contributed by atoms with Crippen LogP contribution in [0.2, 0.25) is 0 Å². The van der Waals surface area contributed by atoms with E-state index in [9.17, 15) is 9.18 Å². The Balaban J connectivity index is 1.52. The van der Waals surface area contributed by atoms with Crippen molar-refractivity contribution in [1.82, 2.24) is 9.97 Å². The molecule has 0 atom stereocenters. The Morgan fingerprint density at radius 1 is 1.17 bits per heavy atom. The maximum Gasteiger partial charge on any atom is 0.247 e. The zero-order valence-corrected chi connectivity index (χ0v) is 15.9. The number of rotatable bonds is 6. The fraction of sp³-hybridized carbons (Fsp3) is 0.0952. The smallest absolute Gasteiger partial charge is 0.247 e. The van der Waals surface area contributed by atoms with E-state index in [0.717, 1.165) is 29.9 Å². The van der Waals surface area contributed by atoms with Gasteiger partial charge in [0.2, 0.25) is 11.9 Å². The van der Waals surface area contributed by atoms with Crippen LogP contribution in [0.4, 0.5) is 38.9 Å². The van der Waals surface area contributed by atoms with Gasteiger partial charge in [-0.15, -0.1) is 0 Å². The third-order valence-electron chi connectivity index (χ3n) is 4.23. The summed E-state index contributed by atoms with van der Waals surface area (Å²) in [6, 6.07) is 12.4. The van der Waals surface area contributed by atoms with Gasteiger partial charge in [-0.3, -0.25) is 4.79 Å². The van der Waals surface area contributed by atoms with E-state index in [1.165, 1.54) is 6.08 Å². The maximum absolute atomic E-state index is 14.3. The van der Waals surface area contributed by atoms with Crippen molar-refractivity contribution in [3.63, 3.8) is 0 Å². The van der Waals surface area contributed by atoms with Crippen LogP contribution in [0.15, 0.2) is 61.3 Å². The van der Waals surface area contributed by atoms with Gasteiger partial charge in [0.15, 0.2) is 11.6 Å². The van der Waals surface area contributed by atoms with Crippen LogP contribution < -0.4 is 26.0 Å². The first kappa shape index (κ1) is 19.2. The molecule has 3 aromatic rings. The van der Waals surface area contributed by atoms with Crippen molar-refractivity contribution in [2.24, 2.45) is 0 Å². The zero-order chi connectivity index (χ0) is 20.9. The van der Waals surface area contributed by atoms with E-state index in [4.69, 9.17) is 4.74 Å². The van der Waals surface area contributed by atoms with Gasteiger partial charge in [0, 0.05) is 23.6 Å². The zero-order valence-electron chi connectivity index (χ0n) is 15.9. The minimum Gasteiger partial charge on any atom is -0.490 e. The molecule has 0 saturated heterocycles. The van der Waals surface area contributed by atoms with Gasteiger partial charge in [-0.25, -0.2) is 9.37 Å². The van der Waals surface area contributed by atoms with Gasteiger partial charge in [-0.2, -0.15) is 4.98 Å². The Morgan fingerprint density at radius 2 is 2.00 bits per heavy atom. The first-order chi connectivity index (χ1) is 14.6. The van der Waals surface area contributed by atoms with Crippen molar-refractivity contribution < 1.29 is 13.9 Å². The number of anilines is 6. The van der Waals surface area contributed by atoms with Crippen LogP contribution in [0, 0.1) is 5.82 Å². The number of halogens is 1. The second kappa shape index (κ2) is 8.48. The van der Waals surface area contributed by atoms with Crippen LogP contribution >= 0.6 is 0 Å². The second-order valence-corrected chi connectivity index (χ2v) is 6.40.